The molecular weight excluding hydrogens is 510 g/mol. The highest BCUT2D eigenvalue weighted by atomic mass is 16.6. The van der Waals surface area contributed by atoms with E-state index < -0.39 is 16.8 Å². The van der Waals surface area contributed by atoms with Crippen molar-refractivity contribution in [3.8, 4) is 34.2 Å². The average molecular weight is 536 g/mol. The number of carbonyl (C=O) groups is 1. The summed E-state index contributed by atoms with van der Waals surface area (Å²) in [6.45, 7) is 0. The fourth-order valence-corrected chi connectivity index (χ4v) is 4.39. The number of carboxylic acids is 1. The normalized spacial score (nSPS) is 11.5. The van der Waals surface area contributed by atoms with Crippen LogP contribution in [0.5, 0.6) is 17.2 Å². The Morgan fingerprint density at radius 2 is 1.57 bits per heavy atom. The van der Waals surface area contributed by atoms with Crippen LogP contribution in [-0.2, 0) is 11.2 Å². The largest absolute Gasteiger partial charge is 0.497 e. The number of aromatic nitrogens is 2. The number of aliphatic carboxylic acids is 1. The van der Waals surface area contributed by atoms with Crippen LogP contribution in [0.1, 0.15) is 17.2 Å². The van der Waals surface area contributed by atoms with Crippen LogP contribution in [0.4, 0.5) is 5.69 Å². The van der Waals surface area contributed by atoms with E-state index in [1.165, 1.54) is 18.2 Å². The molecule has 0 aliphatic rings. The van der Waals surface area contributed by atoms with Crippen molar-refractivity contribution in [2.45, 2.75) is 12.3 Å². The van der Waals surface area contributed by atoms with Crippen LogP contribution in [0.2, 0.25) is 0 Å². The smallest absolute Gasteiger partial charge is 0.311 e. The molecule has 0 spiro atoms. The van der Waals surface area contributed by atoms with Crippen molar-refractivity contribution in [1.29, 1.82) is 0 Å². The summed E-state index contributed by atoms with van der Waals surface area (Å²) in [5.41, 5.74) is 3.05. The molecule has 0 aliphatic carbocycles. The Kier molecular flexibility index (Phi) is 7.54. The van der Waals surface area contributed by atoms with Crippen LogP contribution in [0.15, 0.2) is 109 Å². The van der Waals surface area contributed by atoms with E-state index in [-0.39, 0.29) is 12.1 Å². The molecule has 0 bridgehead atoms. The second-order valence-corrected chi connectivity index (χ2v) is 9.02. The number of non-ortho nitro benzene ring substituents is 1. The van der Waals surface area contributed by atoms with Gasteiger partial charge in [-0.1, -0.05) is 30.3 Å². The molecule has 1 atom stereocenters. The molecule has 4 aromatic carbocycles. The second-order valence-electron chi connectivity index (χ2n) is 9.02. The Morgan fingerprint density at radius 1 is 0.900 bits per heavy atom. The van der Waals surface area contributed by atoms with Crippen molar-refractivity contribution >= 4 is 11.7 Å². The van der Waals surface area contributed by atoms with Gasteiger partial charge in [-0.3, -0.25) is 14.9 Å². The van der Waals surface area contributed by atoms with Gasteiger partial charge < -0.3 is 14.6 Å². The number of hydrogen-bond donors (Lipinski definition) is 1. The monoisotopic (exact) mass is 535 g/mol. The first kappa shape index (κ1) is 26.2. The lowest BCUT2D eigenvalue weighted by Gasteiger charge is -2.11. The van der Waals surface area contributed by atoms with Gasteiger partial charge >= 0.3 is 5.97 Å². The van der Waals surface area contributed by atoms with E-state index in [0.717, 1.165) is 22.7 Å². The molecule has 200 valence electrons. The van der Waals surface area contributed by atoms with E-state index in [1.807, 2.05) is 84.9 Å². The molecule has 0 radical (unpaired) electrons. The molecule has 1 aromatic heterocycles. The van der Waals surface area contributed by atoms with E-state index in [1.54, 1.807) is 17.9 Å². The van der Waals surface area contributed by atoms with Gasteiger partial charge in [-0.25, -0.2) is 4.68 Å². The van der Waals surface area contributed by atoms with E-state index in [9.17, 15) is 20.0 Å². The van der Waals surface area contributed by atoms with E-state index >= 15 is 0 Å². The molecule has 0 saturated heterocycles. The maximum Gasteiger partial charge on any atom is 0.311 e. The Bertz CT molecular complexity index is 1630. The number of rotatable bonds is 10. The number of nitrogens with zero attached hydrogens (tertiary/aromatic N) is 3. The Morgan fingerprint density at radius 3 is 2.23 bits per heavy atom. The predicted molar refractivity (Wildman–Crippen MR) is 149 cm³/mol. The van der Waals surface area contributed by atoms with Gasteiger partial charge in [0.25, 0.3) is 5.69 Å². The summed E-state index contributed by atoms with van der Waals surface area (Å²) in [6, 6.07) is 31.9. The van der Waals surface area contributed by atoms with Gasteiger partial charge in [-0.2, -0.15) is 5.10 Å². The number of ether oxygens (including phenoxy) is 2. The van der Waals surface area contributed by atoms with Crippen molar-refractivity contribution in [3.63, 3.8) is 0 Å². The summed E-state index contributed by atoms with van der Waals surface area (Å²) in [5, 5.41) is 26.0. The van der Waals surface area contributed by atoms with Crippen molar-refractivity contribution < 1.29 is 24.3 Å². The molecule has 1 unspecified atom stereocenters. The number of benzene rings is 4. The second kappa shape index (κ2) is 11.5. The summed E-state index contributed by atoms with van der Waals surface area (Å²) in [7, 11) is 1.59. The molecular formula is C31H25N3O6. The molecule has 1 N–H and O–H groups in total. The van der Waals surface area contributed by atoms with Gasteiger partial charge in [0.15, 0.2) is 0 Å². The molecule has 5 rings (SSSR count). The summed E-state index contributed by atoms with van der Waals surface area (Å²) in [6.07, 6.45) is 0.0435. The number of hydrogen-bond acceptors (Lipinski definition) is 6. The molecule has 40 heavy (non-hydrogen) atoms. The zero-order valence-electron chi connectivity index (χ0n) is 21.5. The first-order valence-electron chi connectivity index (χ1n) is 12.4. The molecule has 5 aromatic rings. The van der Waals surface area contributed by atoms with Gasteiger partial charge in [0.1, 0.15) is 17.2 Å². The van der Waals surface area contributed by atoms with Crippen LogP contribution < -0.4 is 9.47 Å². The minimum absolute atomic E-state index is 0.0435. The molecule has 0 aliphatic heterocycles. The number of methoxy groups -OCH3 is 1. The fourth-order valence-electron chi connectivity index (χ4n) is 4.39. The van der Waals surface area contributed by atoms with Crippen LogP contribution in [0.3, 0.4) is 0 Å². The molecule has 0 amide bonds. The molecule has 0 fully saturated rings. The van der Waals surface area contributed by atoms with Gasteiger partial charge in [0, 0.05) is 24.1 Å². The van der Waals surface area contributed by atoms with Crippen LogP contribution in [0.25, 0.3) is 16.9 Å². The van der Waals surface area contributed by atoms with Crippen molar-refractivity contribution in [1.82, 2.24) is 9.78 Å². The Balaban J connectivity index is 1.51. The van der Waals surface area contributed by atoms with E-state index in [4.69, 9.17) is 14.6 Å². The maximum atomic E-state index is 12.2. The summed E-state index contributed by atoms with van der Waals surface area (Å²) in [5.74, 6) is -0.0299. The highest BCUT2D eigenvalue weighted by Crippen LogP contribution is 2.31. The van der Waals surface area contributed by atoms with E-state index in [2.05, 4.69) is 0 Å². The zero-order chi connectivity index (χ0) is 28.1. The van der Waals surface area contributed by atoms with Crippen LogP contribution >= 0.6 is 0 Å². The maximum absolute atomic E-state index is 12.2. The van der Waals surface area contributed by atoms with Crippen molar-refractivity contribution in [3.05, 3.63) is 131 Å². The number of nitro benzene ring substituents is 1. The number of carboxylic acid groups (broad SMARTS) is 1. The summed E-state index contributed by atoms with van der Waals surface area (Å²) >= 11 is 0. The summed E-state index contributed by atoms with van der Waals surface area (Å²) < 4.78 is 12.9. The lowest BCUT2D eigenvalue weighted by Crippen LogP contribution is -2.15. The standard InChI is InChI=1S/C31H25N3O6/c1-39-26-16-12-24(13-17-26)33-30(21-10-14-28(15-11-21)40-27-8-3-2-4-9-27)20-23(32-33)19-29(31(35)36)22-6-5-7-25(18-22)34(37)38/h2-18,20,29H,19H2,1H3,(H,35,36). The first-order chi connectivity index (χ1) is 19.4. The number of para-hydroxylation sites is 1. The minimum Gasteiger partial charge on any atom is -0.497 e. The summed E-state index contributed by atoms with van der Waals surface area (Å²) in [4.78, 5) is 23.0. The fraction of sp³-hybridized carbons (Fsp3) is 0.0968. The molecule has 0 saturated carbocycles. The third kappa shape index (κ3) is 5.83. The van der Waals surface area contributed by atoms with E-state index in [0.29, 0.717) is 22.8 Å². The van der Waals surface area contributed by atoms with Crippen LogP contribution in [0, 0.1) is 10.1 Å². The zero-order valence-corrected chi connectivity index (χ0v) is 21.5. The lowest BCUT2D eigenvalue weighted by atomic mass is 9.93. The third-order valence-corrected chi connectivity index (χ3v) is 6.40. The SMILES string of the molecule is COc1ccc(-n2nc(CC(C(=O)O)c3cccc([N+](=O)[O-])c3)cc2-c2ccc(Oc3ccccc3)cc2)cc1. The highest BCUT2D eigenvalue weighted by Gasteiger charge is 2.25. The Hall–Kier alpha value is -5.44. The average Bonchev–Trinajstić information content (AvgIpc) is 3.41. The van der Waals surface area contributed by atoms with Gasteiger partial charge in [-0.15, -0.1) is 0 Å². The lowest BCUT2D eigenvalue weighted by molar-refractivity contribution is -0.384. The highest BCUT2D eigenvalue weighted by molar-refractivity contribution is 5.77. The molecule has 1 heterocycles. The Labute approximate surface area is 230 Å². The van der Waals surface area contributed by atoms with Gasteiger partial charge in [0.05, 0.1) is 35.0 Å². The first-order valence-corrected chi connectivity index (χ1v) is 12.4. The topological polar surface area (TPSA) is 117 Å². The predicted octanol–water partition coefficient (Wildman–Crippen LogP) is 6.66. The van der Waals surface area contributed by atoms with Crippen molar-refractivity contribution in [2.75, 3.05) is 7.11 Å². The number of nitro groups is 1. The van der Waals surface area contributed by atoms with Gasteiger partial charge in [-0.05, 0) is 72.3 Å². The van der Waals surface area contributed by atoms with Gasteiger partial charge in [0.2, 0.25) is 0 Å². The third-order valence-electron chi connectivity index (χ3n) is 6.40. The quantitative estimate of drug-likeness (QED) is 0.157. The van der Waals surface area contributed by atoms with Crippen LogP contribution in [-0.4, -0.2) is 32.9 Å². The molecule has 9 heteroatoms. The van der Waals surface area contributed by atoms with Crippen molar-refractivity contribution in [2.24, 2.45) is 0 Å². The minimum atomic E-state index is -1.09. The molecule has 9 nitrogen and oxygen atoms in total.